The standard InChI is InChI=1S/C14H18N2O2S/c1-15-9-11-10-16-14(19-11)7-8-18-13-6-4-3-5-12(13)17-2/h3-6,10,15H,7-9H2,1-2H3. The average molecular weight is 278 g/mol. The van der Waals surface area contributed by atoms with Gasteiger partial charge in [0.25, 0.3) is 0 Å². The van der Waals surface area contributed by atoms with Gasteiger partial charge in [0.05, 0.1) is 18.7 Å². The van der Waals surface area contributed by atoms with E-state index >= 15 is 0 Å². The van der Waals surface area contributed by atoms with Gasteiger partial charge in [-0.05, 0) is 19.2 Å². The van der Waals surface area contributed by atoms with Crippen LogP contribution in [0.4, 0.5) is 0 Å². The van der Waals surface area contributed by atoms with E-state index in [1.54, 1.807) is 18.4 Å². The summed E-state index contributed by atoms with van der Waals surface area (Å²) in [6.07, 6.45) is 2.73. The molecular weight excluding hydrogens is 260 g/mol. The maximum Gasteiger partial charge on any atom is 0.161 e. The fraction of sp³-hybridized carbons (Fsp3) is 0.357. The maximum atomic E-state index is 5.73. The number of nitrogens with zero attached hydrogens (tertiary/aromatic N) is 1. The van der Waals surface area contributed by atoms with Crippen LogP contribution in [0.25, 0.3) is 0 Å². The van der Waals surface area contributed by atoms with Crippen molar-refractivity contribution in [2.24, 2.45) is 0 Å². The van der Waals surface area contributed by atoms with Gasteiger partial charge < -0.3 is 14.8 Å². The molecule has 1 aromatic carbocycles. The molecule has 0 aliphatic carbocycles. The summed E-state index contributed by atoms with van der Waals surface area (Å²) in [5.41, 5.74) is 0. The highest BCUT2D eigenvalue weighted by atomic mass is 32.1. The zero-order chi connectivity index (χ0) is 13.5. The van der Waals surface area contributed by atoms with Gasteiger partial charge in [-0.3, -0.25) is 0 Å². The predicted molar refractivity (Wildman–Crippen MR) is 77.1 cm³/mol. The number of hydrogen-bond donors (Lipinski definition) is 1. The molecular formula is C14H18N2O2S. The highest BCUT2D eigenvalue weighted by molar-refractivity contribution is 7.11. The first kappa shape index (κ1) is 13.8. The number of nitrogens with one attached hydrogen (secondary N) is 1. The first-order valence-electron chi connectivity index (χ1n) is 6.17. The van der Waals surface area contributed by atoms with E-state index in [1.165, 1.54) is 4.88 Å². The number of benzene rings is 1. The first-order valence-corrected chi connectivity index (χ1v) is 6.99. The molecule has 102 valence electrons. The lowest BCUT2D eigenvalue weighted by Gasteiger charge is -2.09. The molecule has 0 amide bonds. The van der Waals surface area contributed by atoms with E-state index in [4.69, 9.17) is 9.47 Å². The number of para-hydroxylation sites is 2. The molecule has 5 heteroatoms. The number of hydrogen-bond acceptors (Lipinski definition) is 5. The van der Waals surface area contributed by atoms with Crippen LogP contribution in [0, 0.1) is 0 Å². The van der Waals surface area contributed by atoms with Crippen LogP contribution in [-0.2, 0) is 13.0 Å². The molecule has 0 atom stereocenters. The summed E-state index contributed by atoms with van der Waals surface area (Å²) in [5, 5.41) is 4.21. The summed E-state index contributed by atoms with van der Waals surface area (Å²) < 4.78 is 11.0. The quantitative estimate of drug-likeness (QED) is 0.845. The maximum absolute atomic E-state index is 5.73. The number of rotatable bonds is 7. The Morgan fingerprint density at radius 1 is 1.26 bits per heavy atom. The van der Waals surface area contributed by atoms with Crippen molar-refractivity contribution in [3.8, 4) is 11.5 Å². The third-order valence-corrected chi connectivity index (χ3v) is 3.65. The summed E-state index contributed by atoms with van der Waals surface area (Å²) in [7, 11) is 3.58. The van der Waals surface area contributed by atoms with Gasteiger partial charge in [0.15, 0.2) is 11.5 Å². The van der Waals surface area contributed by atoms with Crippen LogP contribution in [0.15, 0.2) is 30.5 Å². The predicted octanol–water partition coefficient (Wildman–Crippen LogP) is 2.49. The molecule has 1 N–H and O–H groups in total. The number of ether oxygens (including phenoxy) is 2. The molecule has 0 spiro atoms. The Morgan fingerprint density at radius 3 is 2.79 bits per heavy atom. The Hall–Kier alpha value is -1.59. The topological polar surface area (TPSA) is 43.4 Å². The Morgan fingerprint density at radius 2 is 2.05 bits per heavy atom. The number of methoxy groups -OCH3 is 1. The van der Waals surface area contributed by atoms with Crippen molar-refractivity contribution in [1.29, 1.82) is 0 Å². The van der Waals surface area contributed by atoms with Crippen LogP contribution >= 0.6 is 11.3 Å². The summed E-state index contributed by atoms with van der Waals surface area (Å²) in [4.78, 5) is 5.62. The van der Waals surface area contributed by atoms with Crippen LogP contribution in [0.1, 0.15) is 9.88 Å². The molecule has 1 aromatic heterocycles. The summed E-state index contributed by atoms with van der Waals surface area (Å²) >= 11 is 1.72. The van der Waals surface area contributed by atoms with Gasteiger partial charge in [-0.25, -0.2) is 4.98 Å². The van der Waals surface area contributed by atoms with Crippen LogP contribution in [0.3, 0.4) is 0 Å². The highest BCUT2D eigenvalue weighted by Gasteiger charge is 2.04. The largest absolute Gasteiger partial charge is 0.493 e. The molecule has 2 aromatic rings. The summed E-state index contributed by atoms with van der Waals surface area (Å²) in [5.74, 6) is 1.54. The third-order valence-electron chi connectivity index (χ3n) is 2.60. The first-order chi connectivity index (χ1) is 9.33. The van der Waals surface area contributed by atoms with Gasteiger partial charge in [0.1, 0.15) is 0 Å². The Bertz CT molecular complexity index is 514. The van der Waals surface area contributed by atoms with E-state index in [-0.39, 0.29) is 0 Å². The minimum absolute atomic E-state index is 0.604. The molecule has 0 saturated heterocycles. The van der Waals surface area contributed by atoms with Gasteiger partial charge in [0, 0.05) is 24.0 Å². The van der Waals surface area contributed by atoms with Gasteiger partial charge in [-0.15, -0.1) is 11.3 Å². The van der Waals surface area contributed by atoms with Gasteiger partial charge >= 0.3 is 0 Å². The lowest BCUT2D eigenvalue weighted by molar-refractivity contribution is 0.297. The number of thiazole rings is 1. The normalized spacial score (nSPS) is 10.4. The fourth-order valence-electron chi connectivity index (χ4n) is 1.71. The molecule has 0 saturated carbocycles. The fourth-order valence-corrected chi connectivity index (χ4v) is 2.62. The smallest absolute Gasteiger partial charge is 0.161 e. The molecule has 0 bridgehead atoms. The van der Waals surface area contributed by atoms with Crippen molar-refractivity contribution < 1.29 is 9.47 Å². The third kappa shape index (κ3) is 3.94. The molecule has 0 aliphatic rings. The second-order valence-corrected chi connectivity index (χ2v) is 5.20. The van der Waals surface area contributed by atoms with Gasteiger partial charge in [-0.1, -0.05) is 12.1 Å². The van der Waals surface area contributed by atoms with Crippen molar-refractivity contribution in [2.45, 2.75) is 13.0 Å². The van der Waals surface area contributed by atoms with Crippen molar-refractivity contribution in [3.05, 3.63) is 40.3 Å². The molecule has 1 heterocycles. The van der Waals surface area contributed by atoms with Crippen LogP contribution < -0.4 is 14.8 Å². The van der Waals surface area contributed by atoms with Gasteiger partial charge in [0.2, 0.25) is 0 Å². The van der Waals surface area contributed by atoms with E-state index < -0.39 is 0 Å². The minimum Gasteiger partial charge on any atom is -0.493 e. The van der Waals surface area contributed by atoms with Crippen molar-refractivity contribution in [2.75, 3.05) is 20.8 Å². The van der Waals surface area contributed by atoms with Crippen LogP contribution in [0.2, 0.25) is 0 Å². The van der Waals surface area contributed by atoms with E-state index in [1.807, 2.05) is 37.5 Å². The van der Waals surface area contributed by atoms with Gasteiger partial charge in [-0.2, -0.15) is 0 Å². The Labute approximate surface area is 117 Å². The zero-order valence-electron chi connectivity index (χ0n) is 11.2. The lowest BCUT2D eigenvalue weighted by Crippen LogP contribution is -2.03. The molecule has 19 heavy (non-hydrogen) atoms. The second-order valence-electron chi connectivity index (χ2n) is 4.00. The Balaban J connectivity index is 1.85. The van der Waals surface area contributed by atoms with Crippen molar-refractivity contribution >= 4 is 11.3 Å². The van der Waals surface area contributed by atoms with E-state index in [9.17, 15) is 0 Å². The lowest BCUT2D eigenvalue weighted by atomic mass is 10.3. The molecule has 0 unspecified atom stereocenters. The highest BCUT2D eigenvalue weighted by Crippen LogP contribution is 2.26. The molecule has 0 aliphatic heterocycles. The van der Waals surface area contributed by atoms with Crippen molar-refractivity contribution in [1.82, 2.24) is 10.3 Å². The monoisotopic (exact) mass is 278 g/mol. The second kappa shape index (κ2) is 7.11. The zero-order valence-corrected chi connectivity index (χ0v) is 12.0. The van der Waals surface area contributed by atoms with Crippen molar-refractivity contribution in [3.63, 3.8) is 0 Å². The van der Waals surface area contributed by atoms with E-state index in [0.29, 0.717) is 6.61 Å². The minimum atomic E-state index is 0.604. The molecule has 4 nitrogen and oxygen atoms in total. The SMILES string of the molecule is CNCc1cnc(CCOc2ccccc2OC)s1. The van der Waals surface area contributed by atoms with E-state index in [2.05, 4.69) is 10.3 Å². The molecule has 0 fully saturated rings. The summed E-state index contributed by atoms with van der Waals surface area (Å²) in [6, 6.07) is 7.67. The average Bonchev–Trinajstić information content (AvgIpc) is 2.87. The molecule has 0 radical (unpaired) electrons. The molecule has 2 rings (SSSR count). The number of aromatic nitrogens is 1. The Kier molecular flexibility index (Phi) is 5.18. The van der Waals surface area contributed by atoms with E-state index in [0.717, 1.165) is 29.5 Å². The summed E-state index contributed by atoms with van der Waals surface area (Å²) in [6.45, 7) is 1.47. The van der Waals surface area contributed by atoms with Crippen LogP contribution in [0.5, 0.6) is 11.5 Å². The van der Waals surface area contributed by atoms with Crippen LogP contribution in [-0.4, -0.2) is 25.7 Å².